The molecule has 1 N–H and O–H groups in total. The summed E-state index contributed by atoms with van der Waals surface area (Å²) >= 11 is 0. The van der Waals surface area contributed by atoms with E-state index in [4.69, 9.17) is 0 Å². The second-order valence-electron chi connectivity index (χ2n) is 3.77. The molecule has 0 radical (unpaired) electrons. The first kappa shape index (κ1) is 13.1. The van der Waals surface area contributed by atoms with Crippen LogP contribution in [-0.4, -0.2) is 41.5 Å². The highest BCUT2D eigenvalue weighted by molar-refractivity contribution is 5.02. The molecule has 0 amide bonds. The zero-order valence-electron chi connectivity index (χ0n) is 10.5. The van der Waals surface area contributed by atoms with Gasteiger partial charge in [0.1, 0.15) is 5.82 Å². The third-order valence-electron chi connectivity index (χ3n) is 2.67. The van der Waals surface area contributed by atoms with Crippen molar-refractivity contribution in [1.29, 1.82) is 0 Å². The average Bonchev–Trinajstić information content (AvgIpc) is 2.31. The van der Waals surface area contributed by atoms with Crippen molar-refractivity contribution in [3.05, 3.63) is 23.8 Å². The molecule has 0 atom stereocenters. The first-order valence-corrected chi connectivity index (χ1v) is 5.97. The third kappa shape index (κ3) is 4.24. The molecule has 0 aliphatic carbocycles. The van der Waals surface area contributed by atoms with Gasteiger partial charge in [0.15, 0.2) is 0 Å². The van der Waals surface area contributed by atoms with Crippen LogP contribution in [0.5, 0.6) is 0 Å². The Morgan fingerprint density at radius 3 is 2.69 bits per heavy atom. The molecule has 4 heteroatoms. The summed E-state index contributed by atoms with van der Waals surface area (Å²) in [5.74, 6) is 0.944. The fourth-order valence-electron chi connectivity index (χ4n) is 1.64. The molecule has 1 aromatic rings. The third-order valence-corrected chi connectivity index (χ3v) is 2.67. The maximum absolute atomic E-state index is 4.50. The van der Waals surface area contributed by atoms with Gasteiger partial charge >= 0.3 is 0 Å². The number of rotatable bonds is 7. The van der Waals surface area contributed by atoms with Crippen LogP contribution in [0.1, 0.15) is 25.4 Å². The maximum Gasteiger partial charge on any atom is 0.129 e. The Labute approximate surface area is 98.1 Å². The topological polar surface area (TPSA) is 41.1 Å². The molecule has 4 nitrogen and oxygen atoms in total. The van der Waals surface area contributed by atoms with Crippen LogP contribution in [0.25, 0.3) is 0 Å². The number of nitrogens with zero attached hydrogens (tertiary/aromatic N) is 3. The monoisotopic (exact) mass is 222 g/mol. The van der Waals surface area contributed by atoms with Gasteiger partial charge in [0.25, 0.3) is 0 Å². The predicted molar refractivity (Wildman–Crippen MR) is 66.3 cm³/mol. The number of aromatic nitrogens is 2. The van der Waals surface area contributed by atoms with Crippen molar-refractivity contribution in [3.8, 4) is 0 Å². The molecular weight excluding hydrogens is 200 g/mol. The van der Waals surface area contributed by atoms with Crippen LogP contribution in [-0.2, 0) is 13.0 Å². The first-order chi connectivity index (χ1) is 7.80. The zero-order valence-corrected chi connectivity index (χ0v) is 10.5. The molecule has 0 aliphatic rings. The number of likely N-dealkylation sites (N-methyl/N-ethyl adjacent to an activating group) is 1. The molecule has 0 aliphatic heterocycles. The summed E-state index contributed by atoms with van der Waals surface area (Å²) in [7, 11) is 1.93. The van der Waals surface area contributed by atoms with Crippen LogP contribution in [0.15, 0.2) is 12.3 Å². The Kier molecular flexibility index (Phi) is 5.96. The van der Waals surface area contributed by atoms with Crippen molar-refractivity contribution < 1.29 is 0 Å². The van der Waals surface area contributed by atoms with Crippen molar-refractivity contribution in [1.82, 2.24) is 20.2 Å². The lowest BCUT2D eigenvalue weighted by molar-refractivity contribution is 0.305. The van der Waals surface area contributed by atoms with Crippen molar-refractivity contribution in [3.63, 3.8) is 0 Å². The molecule has 0 bridgehead atoms. The Morgan fingerprint density at radius 2 is 2.06 bits per heavy atom. The van der Waals surface area contributed by atoms with Gasteiger partial charge in [-0.05, 0) is 26.2 Å². The second kappa shape index (κ2) is 7.30. The van der Waals surface area contributed by atoms with Crippen LogP contribution in [0.2, 0.25) is 0 Å². The van der Waals surface area contributed by atoms with Crippen molar-refractivity contribution in [2.24, 2.45) is 0 Å². The van der Waals surface area contributed by atoms with E-state index in [0.717, 1.165) is 44.1 Å². The van der Waals surface area contributed by atoms with E-state index >= 15 is 0 Å². The quantitative estimate of drug-likeness (QED) is 0.749. The molecule has 1 rings (SSSR count). The van der Waals surface area contributed by atoms with Crippen molar-refractivity contribution in [2.45, 2.75) is 26.8 Å². The summed E-state index contributed by atoms with van der Waals surface area (Å²) in [5.41, 5.74) is 1.06. The lowest BCUT2D eigenvalue weighted by atomic mass is 10.3. The Morgan fingerprint density at radius 1 is 1.31 bits per heavy atom. The van der Waals surface area contributed by atoms with Gasteiger partial charge in [-0.15, -0.1) is 0 Å². The van der Waals surface area contributed by atoms with Gasteiger partial charge in [-0.3, -0.25) is 0 Å². The molecule has 0 saturated carbocycles. The SMILES string of the molecule is CCN(CC)CCc1nccc(CNC)n1. The zero-order chi connectivity index (χ0) is 11.8. The van der Waals surface area contributed by atoms with Gasteiger partial charge in [0.05, 0.1) is 5.69 Å². The van der Waals surface area contributed by atoms with Crippen LogP contribution in [0.4, 0.5) is 0 Å². The van der Waals surface area contributed by atoms with E-state index in [1.807, 2.05) is 19.3 Å². The molecule has 1 aromatic heterocycles. The van der Waals surface area contributed by atoms with Crippen molar-refractivity contribution >= 4 is 0 Å². The van der Waals surface area contributed by atoms with Gasteiger partial charge in [0, 0.05) is 25.7 Å². The molecule has 0 fully saturated rings. The van der Waals surface area contributed by atoms with E-state index in [1.165, 1.54) is 0 Å². The largest absolute Gasteiger partial charge is 0.314 e. The smallest absolute Gasteiger partial charge is 0.129 e. The average molecular weight is 222 g/mol. The van der Waals surface area contributed by atoms with E-state index in [0.29, 0.717) is 0 Å². The van der Waals surface area contributed by atoms with Gasteiger partial charge in [-0.2, -0.15) is 0 Å². The Balaban J connectivity index is 2.49. The van der Waals surface area contributed by atoms with E-state index in [1.54, 1.807) is 0 Å². The minimum absolute atomic E-state index is 0.806. The van der Waals surface area contributed by atoms with Crippen LogP contribution in [0.3, 0.4) is 0 Å². The van der Waals surface area contributed by atoms with E-state index in [9.17, 15) is 0 Å². The molecular formula is C12H22N4. The van der Waals surface area contributed by atoms with Crippen LogP contribution in [0, 0.1) is 0 Å². The standard InChI is InChI=1S/C12H22N4/c1-4-16(5-2)9-7-12-14-8-6-11(15-12)10-13-3/h6,8,13H,4-5,7,9-10H2,1-3H3. The minimum atomic E-state index is 0.806. The Hall–Kier alpha value is -1.00. The number of nitrogens with one attached hydrogen (secondary N) is 1. The van der Waals surface area contributed by atoms with E-state index in [2.05, 4.69) is 34.0 Å². The van der Waals surface area contributed by atoms with E-state index < -0.39 is 0 Å². The molecule has 1 heterocycles. The molecule has 16 heavy (non-hydrogen) atoms. The second-order valence-corrected chi connectivity index (χ2v) is 3.77. The van der Waals surface area contributed by atoms with Crippen LogP contribution < -0.4 is 5.32 Å². The van der Waals surface area contributed by atoms with Crippen LogP contribution >= 0.6 is 0 Å². The van der Waals surface area contributed by atoms with Gasteiger partial charge in [0.2, 0.25) is 0 Å². The predicted octanol–water partition coefficient (Wildman–Crippen LogP) is 1.08. The van der Waals surface area contributed by atoms with Gasteiger partial charge in [-0.25, -0.2) is 9.97 Å². The minimum Gasteiger partial charge on any atom is -0.314 e. The fraction of sp³-hybridized carbons (Fsp3) is 0.667. The van der Waals surface area contributed by atoms with Gasteiger partial charge in [-0.1, -0.05) is 13.8 Å². The van der Waals surface area contributed by atoms with Gasteiger partial charge < -0.3 is 10.2 Å². The highest BCUT2D eigenvalue weighted by Gasteiger charge is 2.02. The Bertz CT molecular complexity index is 297. The van der Waals surface area contributed by atoms with Crippen molar-refractivity contribution in [2.75, 3.05) is 26.7 Å². The lowest BCUT2D eigenvalue weighted by Gasteiger charge is -2.17. The molecule has 0 unspecified atom stereocenters. The number of hydrogen-bond acceptors (Lipinski definition) is 4. The highest BCUT2D eigenvalue weighted by Crippen LogP contribution is 1.98. The normalized spacial score (nSPS) is 11.0. The summed E-state index contributed by atoms with van der Waals surface area (Å²) in [5, 5.41) is 3.10. The summed E-state index contributed by atoms with van der Waals surface area (Å²) in [6.45, 7) is 8.39. The first-order valence-electron chi connectivity index (χ1n) is 5.97. The molecule has 0 spiro atoms. The summed E-state index contributed by atoms with van der Waals surface area (Å²) < 4.78 is 0. The number of hydrogen-bond donors (Lipinski definition) is 1. The molecule has 0 aromatic carbocycles. The summed E-state index contributed by atoms with van der Waals surface area (Å²) in [4.78, 5) is 11.2. The fourth-order valence-corrected chi connectivity index (χ4v) is 1.64. The van der Waals surface area contributed by atoms with E-state index in [-0.39, 0.29) is 0 Å². The molecule has 90 valence electrons. The lowest BCUT2D eigenvalue weighted by Crippen LogP contribution is -2.26. The highest BCUT2D eigenvalue weighted by atomic mass is 15.1. The summed E-state index contributed by atoms with van der Waals surface area (Å²) in [6.07, 6.45) is 2.77. The molecule has 0 saturated heterocycles. The maximum atomic E-state index is 4.50. The summed E-state index contributed by atoms with van der Waals surface area (Å²) in [6, 6.07) is 1.96.